The van der Waals surface area contributed by atoms with Crippen LogP contribution in [-0.4, -0.2) is 14.6 Å². The third-order valence-corrected chi connectivity index (χ3v) is 2.95. The molecule has 0 aliphatic rings. The van der Waals surface area contributed by atoms with Crippen LogP contribution in [0.2, 0.25) is 0 Å². The first kappa shape index (κ1) is 10.8. The molecule has 0 saturated heterocycles. The summed E-state index contributed by atoms with van der Waals surface area (Å²) < 4.78 is 1.44. The van der Waals surface area contributed by atoms with E-state index < -0.39 is 0 Å². The fourth-order valence-electron chi connectivity index (χ4n) is 2.02. The fourth-order valence-corrected chi connectivity index (χ4v) is 2.02. The maximum Gasteiger partial charge on any atom is 0.272 e. The molecule has 0 spiro atoms. The molecule has 2 heterocycles. The summed E-state index contributed by atoms with van der Waals surface area (Å²) in [6.45, 7) is 0. The third kappa shape index (κ3) is 2.05. The van der Waals surface area contributed by atoms with Crippen molar-refractivity contribution in [2.24, 2.45) is 0 Å². The Morgan fingerprint density at radius 2 is 1.94 bits per heavy atom. The number of aromatic nitrogens is 3. The number of nitrogens with zero attached hydrogens (tertiary/aromatic N) is 2. The Bertz CT molecular complexity index is 712. The molecule has 1 N–H and O–H groups in total. The van der Waals surface area contributed by atoms with Gasteiger partial charge in [-0.2, -0.15) is 0 Å². The van der Waals surface area contributed by atoms with Crippen molar-refractivity contribution in [3.63, 3.8) is 0 Å². The molecule has 1 aromatic carbocycles. The average Bonchev–Trinajstić information content (AvgIpc) is 2.86. The van der Waals surface area contributed by atoms with Gasteiger partial charge in [-0.05, 0) is 18.4 Å². The molecule has 0 unspecified atom stereocenters. The molecular formula is C14H13N3O. The smallest absolute Gasteiger partial charge is 0.272 e. The Morgan fingerprint density at radius 1 is 1.11 bits per heavy atom. The molecule has 3 rings (SSSR count). The van der Waals surface area contributed by atoms with E-state index >= 15 is 0 Å². The second kappa shape index (κ2) is 4.49. The molecule has 4 heteroatoms. The number of aromatic amines is 1. The zero-order valence-corrected chi connectivity index (χ0v) is 9.84. The van der Waals surface area contributed by atoms with Crippen molar-refractivity contribution < 1.29 is 0 Å². The molecule has 0 fully saturated rings. The van der Waals surface area contributed by atoms with Gasteiger partial charge in [0.25, 0.3) is 5.56 Å². The number of nitrogens with one attached hydrogen (secondary N) is 1. The number of rotatable bonds is 3. The second-order valence-corrected chi connectivity index (χ2v) is 4.23. The van der Waals surface area contributed by atoms with Crippen molar-refractivity contribution in [3.05, 3.63) is 70.3 Å². The van der Waals surface area contributed by atoms with Crippen molar-refractivity contribution in [2.45, 2.75) is 12.8 Å². The molecule has 18 heavy (non-hydrogen) atoms. The van der Waals surface area contributed by atoms with Gasteiger partial charge in [-0.1, -0.05) is 30.3 Å². The van der Waals surface area contributed by atoms with Crippen molar-refractivity contribution in [2.75, 3.05) is 0 Å². The van der Waals surface area contributed by atoms with Gasteiger partial charge in [0.1, 0.15) is 0 Å². The van der Waals surface area contributed by atoms with Crippen LogP contribution in [0.15, 0.2) is 53.5 Å². The molecule has 0 atom stereocenters. The number of aryl methyl sites for hydroxylation is 2. The lowest BCUT2D eigenvalue weighted by Crippen LogP contribution is -2.15. The van der Waals surface area contributed by atoms with Gasteiger partial charge in [-0.15, -0.1) is 0 Å². The first-order valence-corrected chi connectivity index (χ1v) is 5.93. The Hall–Kier alpha value is -2.36. The van der Waals surface area contributed by atoms with Gasteiger partial charge in [-0.3, -0.25) is 9.89 Å². The number of hydrogen-bond acceptors (Lipinski definition) is 2. The number of H-pyrrole nitrogens is 1. The summed E-state index contributed by atoms with van der Waals surface area (Å²) >= 11 is 0. The topological polar surface area (TPSA) is 50.2 Å². The molecule has 0 aliphatic heterocycles. The zero-order valence-electron chi connectivity index (χ0n) is 9.84. The Kier molecular flexibility index (Phi) is 2.68. The normalized spacial score (nSPS) is 10.9. The van der Waals surface area contributed by atoms with E-state index in [0.717, 1.165) is 18.5 Å². The molecule has 0 bridgehead atoms. The van der Waals surface area contributed by atoms with E-state index in [2.05, 4.69) is 22.2 Å². The monoisotopic (exact) mass is 239 g/mol. The van der Waals surface area contributed by atoms with Crippen molar-refractivity contribution >= 4 is 5.65 Å². The van der Waals surface area contributed by atoms with E-state index in [1.165, 1.54) is 10.1 Å². The van der Waals surface area contributed by atoms with Gasteiger partial charge in [0.15, 0.2) is 5.65 Å². The van der Waals surface area contributed by atoms with Gasteiger partial charge < -0.3 is 0 Å². The maximum absolute atomic E-state index is 11.8. The molecule has 0 amide bonds. The van der Waals surface area contributed by atoms with Gasteiger partial charge in [-0.25, -0.2) is 9.50 Å². The molecule has 0 radical (unpaired) electrons. The van der Waals surface area contributed by atoms with Crippen LogP contribution in [0.4, 0.5) is 0 Å². The molecule has 2 aromatic heterocycles. The van der Waals surface area contributed by atoms with Gasteiger partial charge >= 0.3 is 0 Å². The highest BCUT2D eigenvalue weighted by Crippen LogP contribution is 2.05. The van der Waals surface area contributed by atoms with Gasteiger partial charge in [0.05, 0.1) is 0 Å². The summed E-state index contributed by atoms with van der Waals surface area (Å²) in [5.74, 6) is 0. The Morgan fingerprint density at radius 3 is 2.78 bits per heavy atom. The molecular weight excluding hydrogens is 226 g/mol. The minimum absolute atomic E-state index is 0.0620. The number of hydrogen-bond donors (Lipinski definition) is 1. The highest BCUT2D eigenvalue weighted by atomic mass is 16.1. The first-order valence-electron chi connectivity index (χ1n) is 5.93. The van der Waals surface area contributed by atoms with Crippen LogP contribution in [0.25, 0.3) is 5.65 Å². The molecule has 4 nitrogen and oxygen atoms in total. The van der Waals surface area contributed by atoms with Crippen LogP contribution < -0.4 is 5.56 Å². The Labute approximate surface area is 104 Å². The third-order valence-electron chi connectivity index (χ3n) is 2.95. The second-order valence-electron chi connectivity index (χ2n) is 4.23. The summed E-state index contributed by atoms with van der Waals surface area (Å²) in [6.07, 6.45) is 3.39. The van der Waals surface area contributed by atoms with E-state index in [0.29, 0.717) is 5.65 Å². The van der Waals surface area contributed by atoms with Crippen molar-refractivity contribution in [3.8, 4) is 0 Å². The largest absolute Gasteiger partial charge is 0.297 e. The minimum Gasteiger partial charge on any atom is -0.297 e. The standard InChI is InChI=1S/C14H13N3O/c18-14-10-12(16-13-8-9-15-17(13)14)7-6-11-4-2-1-3-5-11/h1-5,8-10,15H,6-7H2. The van der Waals surface area contributed by atoms with Crippen LogP contribution in [0.5, 0.6) is 0 Å². The van der Waals surface area contributed by atoms with Crippen LogP contribution in [0, 0.1) is 0 Å². The van der Waals surface area contributed by atoms with Crippen LogP contribution in [0.3, 0.4) is 0 Å². The lowest BCUT2D eigenvalue weighted by atomic mass is 10.1. The van der Waals surface area contributed by atoms with Crippen LogP contribution in [-0.2, 0) is 12.8 Å². The number of benzene rings is 1. The lowest BCUT2D eigenvalue weighted by Gasteiger charge is -2.01. The van der Waals surface area contributed by atoms with Gasteiger partial charge in [0.2, 0.25) is 0 Å². The zero-order chi connectivity index (χ0) is 12.4. The van der Waals surface area contributed by atoms with E-state index in [9.17, 15) is 4.79 Å². The predicted octanol–water partition coefficient (Wildman–Crippen LogP) is 1.81. The average molecular weight is 239 g/mol. The SMILES string of the molecule is O=c1cc(CCc2ccccc2)nc2cc[nH]n12. The summed E-state index contributed by atoms with van der Waals surface area (Å²) in [7, 11) is 0. The van der Waals surface area contributed by atoms with E-state index in [-0.39, 0.29) is 5.56 Å². The van der Waals surface area contributed by atoms with E-state index in [4.69, 9.17) is 0 Å². The highest BCUT2D eigenvalue weighted by molar-refractivity contribution is 5.36. The van der Waals surface area contributed by atoms with Crippen LogP contribution >= 0.6 is 0 Å². The molecule has 0 saturated carbocycles. The predicted molar refractivity (Wildman–Crippen MR) is 69.7 cm³/mol. The number of fused-ring (bicyclic) bond motifs is 1. The summed E-state index contributed by atoms with van der Waals surface area (Å²) in [5, 5.41) is 2.83. The molecule has 0 aliphatic carbocycles. The summed E-state index contributed by atoms with van der Waals surface area (Å²) in [5.41, 5.74) is 2.70. The van der Waals surface area contributed by atoms with E-state index in [1.54, 1.807) is 18.3 Å². The molecule has 3 aromatic rings. The lowest BCUT2D eigenvalue weighted by molar-refractivity contribution is 0.852. The highest BCUT2D eigenvalue weighted by Gasteiger charge is 2.03. The first-order chi connectivity index (χ1) is 8.83. The molecule has 90 valence electrons. The quantitative estimate of drug-likeness (QED) is 0.757. The van der Waals surface area contributed by atoms with Crippen molar-refractivity contribution in [1.82, 2.24) is 14.6 Å². The minimum atomic E-state index is -0.0620. The van der Waals surface area contributed by atoms with Crippen LogP contribution in [0.1, 0.15) is 11.3 Å². The maximum atomic E-state index is 11.8. The fraction of sp³-hybridized carbons (Fsp3) is 0.143. The van der Waals surface area contributed by atoms with Crippen molar-refractivity contribution in [1.29, 1.82) is 0 Å². The summed E-state index contributed by atoms with van der Waals surface area (Å²) in [4.78, 5) is 16.2. The van der Waals surface area contributed by atoms with E-state index in [1.807, 2.05) is 18.2 Å². The Balaban J connectivity index is 1.85. The summed E-state index contributed by atoms with van der Waals surface area (Å²) in [6, 6.07) is 13.6. The van der Waals surface area contributed by atoms with Gasteiger partial charge in [0, 0.05) is 24.0 Å².